The molecule has 0 aliphatic rings. The van der Waals surface area contributed by atoms with Crippen molar-refractivity contribution in [1.29, 1.82) is 0 Å². The Bertz CT molecular complexity index is 1270. The molecule has 4 aromatic rings. The summed E-state index contributed by atoms with van der Waals surface area (Å²) in [5.74, 6) is 0.0914. The van der Waals surface area contributed by atoms with E-state index in [0.29, 0.717) is 22.3 Å². The highest BCUT2D eigenvalue weighted by Crippen LogP contribution is 2.27. The molecule has 0 saturated carbocycles. The third-order valence-corrected chi connectivity index (χ3v) is 4.84. The lowest BCUT2D eigenvalue weighted by atomic mass is 10.1. The van der Waals surface area contributed by atoms with Gasteiger partial charge in [-0.1, -0.05) is 0 Å². The van der Waals surface area contributed by atoms with Gasteiger partial charge in [0.05, 0.1) is 12.4 Å². The van der Waals surface area contributed by atoms with Crippen molar-refractivity contribution in [2.24, 2.45) is 7.05 Å². The molecule has 0 aliphatic carbocycles. The Kier molecular flexibility index (Phi) is 4.89. The summed E-state index contributed by atoms with van der Waals surface area (Å²) in [5, 5.41) is 9.00. The first-order chi connectivity index (χ1) is 14.3. The Morgan fingerprint density at radius 1 is 1.07 bits per heavy atom. The molecule has 156 valence electrons. The first-order valence-corrected chi connectivity index (χ1v) is 9.73. The Morgan fingerprint density at radius 2 is 1.77 bits per heavy atom. The highest BCUT2D eigenvalue weighted by atomic mass is 19.1. The van der Waals surface area contributed by atoms with Crippen molar-refractivity contribution in [3.05, 3.63) is 52.8 Å². The van der Waals surface area contributed by atoms with E-state index in [4.69, 9.17) is 4.74 Å². The van der Waals surface area contributed by atoms with Crippen molar-refractivity contribution >= 4 is 11.0 Å². The van der Waals surface area contributed by atoms with Crippen LogP contribution < -0.4 is 10.3 Å². The van der Waals surface area contributed by atoms with Crippen LogP contribution in [0.15, 0.2) is 41.5 Å². The van der Waals surface area contributed by atoms with Gasteiger partial charge in [0.15, 0.2) is 11.5 Å². The zero-order valence-corrected chi connectivity index (χ0v) is 17.5. The summed E-state index contributed by atoms with van der Waals surface area (Å²) in [4.78, 5) is 17.1. The Labute approximate surface area is 172 Å². The number of nitrogens with zero attached hydrogens (tertiary/aromatic N) is 6. The van der Waals surface area contributed by atoms with Gasteiger partial charge in [-0.2, -0.15) is 15.2 Å². The fourth-order valence-corrected chi connectivity index (χ4v) is 3.14. The molecule has 9 heteroatoms. The van der Waals surface area contributed by atoms with Crippen molar-refractivity contribution in [2.75, 3.05) is 0 Å². The molecule has 0 radical (unpaired) electrons. The molecule has 1 aromatic carbocycles. The molecular weight excluding hydrogens is 387 g/mol. The summed E-state index contributed by atoms with van der Waals surface area (Å²) in [6.07, 6.45) is 2.91. The number of benzene rings is 1. The highest BCUT2D eigenvalue weighted by molar-refractivity contribution is 5.73. The van der Waals surface area contributed by atoms with Gasteiger partial charge in [0.1, 0.15) is 16.8 Å². The van der Waals surface area contributed by atoms with E-state index in [0.717, 1.165) is 0 Å². The van der Waals surface area contributed by atoms with Crippen LogP contribution in [0.3, 0.4) is 0 Å². The van der Waals surface area contributed by atoms with Crippen LogP contribution in [0.4, 0.5) is 4.39 Å². The molecule has 30 heavy (non-hydrogen) atoms. The Morgan fingerprint density at radius 3 is 2.37 bits per heavy atom. The minimum Gasteiger partial charge on any atom is -0.425 e. The smallest absolute Gasteiger partial charge is 0.306 e. The van der Waals surface area contributed by atoms with Crippen LogP contribution in [0.1, 0.15) is 39.8 Å². The standard InChI is InChI=1S/C21H23FN6O2/c1-12(2)27-11-17(22)18(25-27)14-6-8-15(9-7-14)30-21-24-19-16(20(29)26(21)5)10-23-28(19)13(3)4/h6-13H,1-5H3. The van der Waals surface area contributed by atoms with Crippen LogP contribution in [-0.2, 0) is 7.05 Å². The Hall–Kier alpha value is -3.49. The zero-order valence-electron chi connectivity index (χ0n) is 17.5. The van der Waals surface area contributed by atoms with Crippen LogP contribution in [-0.4, -0.2) is 29.1 Å². The summed E-state index contributed by atoms with van der Waals surface area (Å²) < 4.78 is 24.7. The topological polar surface area (TPSA) is 79.8 Å². The SMILES string of the molecule is CC(C)n1cc(F)c(-c2ccc(Oc3nc4c(cnn4C(C)C)c(=O)n3C)cc2)n1. The molecule has 3 aromatic heterocycles. The summed E-state index contributed by atoms with van der Waals surface area (Å²) in [6.45, 7) is 7.80. The number of hydrogen-bond acceptors (Lipinski definition) is 5. The molecular formula is C21H23FN6O2. The second-order valence-electron chi connectivity index (χ2n) is 7.70. The van der Waals surface area contributed by atoms with Gasteiger partial charge in [0, 0.05) is 24.7 Å². The number of ether oxygens (including phenoxy) is 1. The predicted molar refractivity (Wildman–Crippen MR) is 111 cm³/mol. The second kappa shape index (κ2) is 7.40. The van der Waals surface area contributed by atoms with Crippen LogP contribution in [0.25, 0.3) is 22.3 Å². The van der Waals surface area contributed by atoms with Crippen LogP contribution in [0.5, 0.6) is 11.8 Å². The second-order valence-corrected chi connectivity index (χ2v) is 7.70. The fourth-order valence-electron chi connectivity index (χ4n) is 3.14. The molecule has 4 rings (SSSR count). The maximum Gasteiger partial charge on any atom is 0.306 e. The maximum atomic E-state index is 14.3. The quantitative estimate of drug-likeness (QED) is 0.495. The van der Waals surface area contributed by atoms with Crippen molar-refractivity contribution in [2.45, 2.75) is 39.8 Å². The minimum atomic E-state index is -0.381. The predicted octanol–water partition coefficient (Wildman–Crippen LogP) is 4.09. The summed E-state index contributed by atoms with van der Waals surface area (Å²) in [7, 11) is 1.60. The Balaban J connectivity index is 1.67. The number of rotatable bonds is 5. The molecule has 0 N–H and O–H groups in total. The van der Waals surface area contributed by atoms with Gasteiger partial charge in [0.2, 0.25) is 0 Å². The van der Waals surface area contributed by atoms with Gasteiger partial charge >= 0.3 is 6.01 Å². The van der Waals surface area contributed by atoms with Gasteiger partial charge in [0.25, 0.3) is 5.56 Å². The lowest BCUT2D eigenvalue weighted by Gasteiger charge is -2.11. The van der Waals surface area contributed by atoms with E-state index in [1.807, 2.05) is 27.7 Å². The van der Waals surface area contributed by atoms with Gasteiger partial charge in [-0.05, 0) is 52.0 Å². The van der Waals surface area contributed by atoms with Crippen molar-refractivity contribution in [3.63, 3.8) is 0 Å². The van der Waals surface area contributed by atoms with E-state index in [2.05, 4.69) is 15.2 Å². The number of aromatic nitrogens is 6. The van der Waals surface area contributed by atoms with E-state index >= 15 is 0 Å². The van der Waals surface area contributed by atoms with Crippen molar-refractivity contribution in [3.8, 4) is 23.0 Å². The molecule has 8 nitrogen and oxygen atoms in total. The minimum absolute atomic E-state index is 0.0507. The molecule has 0 unspecified atom stereocenters. The molecule has 0 bridgehead atoms. The monoisotopic (exact) mass is 410 g/mol. The van der Waals surface area contributed by atoms with E-state index < -0.39 is 0 Å². The molecule has 0 amide bonds. The van der Waals surface area contributed by atoms with Gasteiger partial charge in [-0.3, -0.25) is 14.0 Å². The number of fused-ring (bicyclic) bond motifs is 1. The molecule has 3 heterocycles. The normalized spacial score (nSPS) is 11.7. The van der Waals surface area contributed by atoms with Crippen LogP contribution >= 0.6 is 0 Å². The van der Waals surface area contributed by atoms with E-state index in [1.165, 1.54) is 17.0 Å². The first-order valence-electron chi connectivity index (χ1n) is 9.73. The van der Waals surface area contributed by atoms with Crippen molar-refractivity contribution < 1.29 is 9.13 Å². The fraction of sp³-hybridized carbons (Fsp3) is 0.333. The van der Waals surface area contributed by atoms with Crippen LogP contribution in [0.2, 0.25) is 0 Å². The lowest BCUT2D eigenvalue weighted by Crippen LogP contribution is -2.20. The number of hydrogen-bond donors (Lipinski definition) is 0. The van der Waals surface area contributed by atoms with Crippen LogP contribution in [0, 0.1) is 5.82 Å². The lowest BCUT2D eigenvalue weighted by molar-refractivity contribution is 0.413. The molecule has 0 spiro atoms. The maximum absolute atomic E-state index is 14.3. The van der Waals surface area contributed by atoms with E-state index in [9.17, 15) is 9.18 Å². The summed E-state index contributed by atoms with van der Waals surface area (Å²) in [5.41, 5.74) is 1.15. The average Bonchev–Trinajstić information content (AvgIpc) is 3.30. The van der Waals surface area contributed by atoms with Crippen molar-refractivity contribution in [1.82, 2.24) is 29.1 Å². The van der Waals surface area contributed by atoms with E-state index in [1.54, 1.807) is 40.7 Å². The number of halogens is 1. The molecule has 0 fully saturated rings. The first kappa shape index (κ1) is 19.8. The zero-order chi connectivity index (χ0) is 21.6. The third-order valence-electron chi connectivity index (χ3n) is 4.84. The third kappa shape index (κ3) is 3.36. The largest absolute Gasteiger partial charge is 0.425 e. The van der Waals surface area contributed by atoms with Gasteiger partial charge < -0.3 is 4.74 Å². The van der Waals surface area contributed by atoms with Gasteiger partial charge in [-0.15, -0.1) is 0 Å². The van der Waals surface area contributed by atoms with Gasteiger partial charge in [-0.25, -0.2) is 9.07 Å². The molecule has 0 saturated heterocycles. The summed E-state index contributed by atoms with van der Waals surface area (Å²) in [6, 6.07) is 7.10. The average molecular weight is 410 g/mol. The highest BCUT2D eigenvalue weighted by Gasteiger charge is 2.17. The van der Waals surface area contributed by atoms with E-state index in [-0.39, 0.29) is 35.2 Å². The summed E-state index contributed by atoms with van der Waals surface area (Å²) >= 11 is 0. The molecule has 0 aliphatic heterocycles. The molecule has 0 atom stereocenters.